The lowest BCUT2D eigenvalue weighted by atomic mass is 9.97. The monoisotopic (exact) mass is 486 g/mol. The summed E-state index contributed by atoms with van der Waals surface area (Å²) in [6.45, 7) is 6.04. The van der Waals surface area contributed by atoms with E-state index in [0.29, 0.717) is 11.6 Å². The van der Waals surface area contributed by atoms with Gasteiger partial charge in [-0.3, -0.25) is 9.48 Å². The molecule has 0 fully saturated rings. The molecular formula is C25H26N8O3. The van der Waals surface area contributed by atoms with Crippen LogP contribution in [0.25, 0.3) is 27.9 Å². The molecule has 5 aromatic rings. The van der Waals surface area contributed by atoms with Crippen LogP contribution in [0.4, 0.5) is 0 Å². The van der Waals surface area contributed by atoms with E-state index in [9.17, 15) is 4.79 Å². The van der Waals surface area contributed by atoms with E-state index in [1.165, 1.54) is 6.33 Å². The fourth-order valence-electron chi connectivity index (χ4n) is 3.79. The Kier molecular flexibility index (Phi) is 5.75. The molecule has 1 aromatic carbocycles. The minimum atomic E-state index is -0.447. The number of hydrogen-bond donors (Lipinski definition) is 1. The van der Waals surface area contributed by atoms with Crippen molar-refractivity contribution in [3.8, 4) is 28.1 Å². The van der Waals surface area contributed by atoms with Gasteiger partial charge in [0.15, 0.2) is 0 Å². The first-order valence-corrected chi connectivity index (χ1v) is 11.3. The quantitative estimate of drug-likeness (QED) is 0.387. The molecule has 0 aliphatic heterocycles. The van der Waals surface area contributed by atoms with E-state index in [1.54, 1.807) is 16.3 Å². The third-order valence-electron chi connectivity index (χ3n) is 5.70. The fraction of sp³-hybridized carbons (Fsp3) is 0.280. The largest absolute Gasteiger partial charge is 0.496 e. The molecule has 4 heterocycles. The average molecular weight is 487 g/mol. The molecule has 0 bridgehead atoms. The number of amides is 1. The van der Waals surface area contributed by atoms with E-state index in [1.807, 2.05) is 70.7 Å². The molecule has 0 saturated carbocycles. The highest BCUT2D eigenvalue weighted by Crippen LogP contribution is 2.31. The number of rotatable bonds is 6. The standard InChI is InChI=1S/C25H26N8O3/c1-25(2,3)24-31-30-23(36-24)22(34)26-10-16-7-6-15(9-20(16)35-5)21-19-8-17(13-33(19)29-14-27-21)18-11-28-32(4)12-18/h6-9,11-14H,10H2,1-5H3,(H,26,34). The Bertz CT molecular complexity index is 1560. The fourth-order valence-corrected chi connectivity index (χ4v) is 3.79. The third-order valence-corrected chi connectivity index (χ3v) is 5.70. The van der Waals surface area contributed by atoms with Gasteiger partial charge >= 0.3 is 11.8 Å². The molecule has 11 heteroatoms. The van der Waals surface area contributed by atoms with Gasteiger partial charge in [0, 0.05) is 53.7 Å². The lowest BCUT2D eigenvalue weighted by Gasteiger charge is -2.12. The zero-order valence-corrected chi connectivity index (χ0v) is 20.7. The highest BCUT2D eigenvalue weighted by atomic mass is 16.5. The Morgan fingerprint density at radius 2 is 1.92 bits per heavy atom. The van der Waals surface area contributed by atoms with Crippen LogP contribution in [0.3, 0.4) is 0 Å². The summed E-state index contributed by atoms with van der Waals surface area (Å²) < 4.78 is 14.7. The van der Waals surface area contributed by atoms with Crippen LogP contribution in [0.2, 0.25) is 0 Å². The van der Waals surface area contributed by atoms with Gasteiger partial charge in [-0.2, -0.15) is 10.2 Å². The molecule has 0 atom stereocenters. The number of carbonyl (C=O) groups excluding carboxylic acids is 1. The number of nitrogens with one attached hydrogen (secondary N) is 1. The first-order valence-electron chi connectivity index (χ1n) is 11.3. The average Bonchev–Trinajstić information content (AvgIpc) is 3.60. The Morgan fingerprint density at radius 1 is 1.08 bits per heavy atom. The summed E-state index contributed by atoms with van der Waals surface area (Å²) in [5.74, 6) is 0.502. The molecular weight excluding hydrogens is 460 g/mol. The van der Waals surface area contributed by atoms with Crippen LogP contribution in [0.15, 0.2) is 53.6 Å². The molecule has 11 nitrogen and oxygen atoms in total. The Morgan fingerprint density at radius 3 is 2.61 bits per heavy atom. The number of aromatic nitrogens is 7. The minimum absolute atomic E-state index is 0.0726. The van der Waals surface area contributed by atoms with Crippen molar-refractivity contribution in [2.45, 2.75) is 32.7 Å². The topological polar surface area (TPSA) is 125 Å². The number of hydrogen-bond acceptors (Lipinski definition) is 8. The molecule has 0 radical (unpaired) electrons. The van der Waals surface area contributed by atoms with E-state index in [-0.39, 0.29) is 17.9 Å². The zero-order chi connectivity index (χ0) is 25.4. The van der Waals surface area contributed by atoms with Gasteiger partial charge in [0.1, 0.15) is 12.1 Å². The Balaban J connectivity index is 1.39. The van der Waals surface area contributed by atoms with Crippen molar-refractivity contribution in [2.24, 2.45) is 7.05 Å². The predicted molar refractivity (Wildman–Crippen MR) is 131 cm³/mol. The molecule has 1 N–H and O–H groups in total. The van der Waals surface area contributed by atoms with Crippen LogP contribution in [-0.2, 0) is 19.0 Å². The summed E-state index contributed by atoms with van der Waals surface area (Å²) in [4.78, 5) is 17.1. The van der Waals surface area contributed by atoms with Crippen molar-refractivity contribution in [2.75, 3.05) is 7.11 Å². The maximum absolute atomic E-state index is 12.5. The van der Waals surface area contributed by atoms with Gasteiger partial charge in [-0.1, -0.05) is 32.9 Å². The van der Waals surface area contributed by atoms with Crippen molar-refractivity contribution in [3.05, 3.63) is 66.5 Å². The normalized spacial score (nSPS) is 11.7. The van der Waals surface area contributed by atoms with Crippen LogP contribution in [-0.4, -0.2) is 47.6 Å². The van der Waals surface area contributed by atoms with Gasteiger partial charge in [0.2, 0.25) is 5.89 Å². The summed E-state index contributed by atoms with van der Waals surface area (Å²) >= 11 is 0. The molecule has 0 unspecified atom stereocenters. The first-order chi connectivity index (χ1) is 17.2. The molecule has 0 saturated heterocycles. The van der Waals surface area contributed by atoms with Gasteiger partial charge in [0.05, 0.1) is 24.5 Å². The number of ether oxygens (including phenoxy) is 1. The minimum Gasteiger partial charge on any atom is -0.496 e. The van der Waals surface area contributed by atoms with E-state index in [0.717, 1.165) is 33.5 Å². The lowest BCUT2D eigenvalue weighted by molar-refractivity contribution is 0.0912. The highest BCUT2D eigenvalue weighted by Gasteiger charge is 2.24. The summed E-state index contributed by atoms with van der Waals surface area (Å²) in [5.41, 5.74) is 4.91. The van der Waals surface area contributed by atoms with Crippen LogP contribution in [0.1, 0.15) is 42.9 Å². The van der Waals surface area contributed by atoms with Gasteiger partial charge < -0.3 is 14.5 Å². The summed E-state index contributed by atoms with van der Waals surface area (Å²) in [7, 11) is 3.47. The van der Waals surface area contributed by atoms with E-state index in [4.69, 9.17) is 9.15 Å². The van der Waals surface area contributed by atoms with Crippen LogP contribution in [0.5, 0.6) is 5.75 Å². The van der Waals surface area contributed by atoms with Crippen LogP contribution < -0.4 is 10.1 Å². The number of methoxy groups -OCH3 is 1. The summed E-state index contributed by atoms with van der Waals surface area (Å²) in [5, 5.41) is 19.2. The molecule has 1 amide bonds. The van der Waals surface area contributed by atoms with Crippen molar-refractivity contribution < 1.29 is 13.9 Å². The second-order valence-electron chi connectivity index (χ2n) is 9.44. The number of carbonyl (C=O) groups is 1. The predicted octanol–water partition coefficient (Wildman–Crippen LogP) is 3.42. The van der Waals surface area contributed by atoms with Crippen molar-refractivity contribution >= 4 is 11.4 Å². The second-order valence-corrected chi connectivity index (χ2v) is 9.44. The van der Waals surface area contributed by atoms with Gasteiger partial charge in [-0.15, -0.1) is 10.2 Å². The van der Waals surface area contributed by atoms with E-state index in [2.05, 4.69) is 30.7 Å². The summed E-state index contributed by atoms with van der Waals surface area (Å²) in [6, 6.07) is 7.76. The summed E-state index contributed by atoms with van der Waals surface area (Å²) in [6.07, 6.45) is 7.23. The molecule has 5 rings (SSSR count). The van der Waals surface area contributed by atoms with Crippen molar-refractivity contribution in [3.63, 3.8) is 0 Å². The molecule has 184 valence electrons. The number of benzene rings is 1. The van der Waals surface area contributed by atoms with Gasteiger partial charge in [-0.05, 0) is 12.1 Å². The first kappa shape index (κ1) is 23.2. The third kappa shape index (κ3) is 4.42. The number of aryl methyl sites for hydroxylation is 1. The maximum atomic E-state index is 12.5. The van der Waals surface area contributed by atoms with Crippen molar-refractivity contribution in [1.29, 1.82) is 0 Å². The van der Waals surface area contributed by atoms with Crippen molar-refractivity contribution in [1.82, 2.24) is 39.9 Å². The van der Waals surface area contributed by atoms with Crippen LogP contribution >= 0.6 is 0 Å². The van der Waals surface area contributed by atoms with E-state index >= 15 is 0 Å². The SMILES string of the molecule is COc1cc(-c2ncnn3cc(-c4cnn(C)c4)cc23)ccc1CNC(=O)c1nnc(C(C)(C)C)o1. The zero-order valence-electron chi connectivity index (χ0n) is 20.7. The smallest absolute Gasteiger partial charge is 0.309 e. The molecule has 0 aliphatic rings. The Labute approximate surface area is 207 Å². The number of nitrogens with zero attached hydrogens (tertiary/aromatic N) is 7. The molecule has 0 aliphatic carbocycles. The Hall–Kier alpha value is -4.54. The maximum Gasteiger partial charge on any atom is 0.309 e. The lowest BCUT2D eigenvalue weighted by Crippen LogP contribution is -2.23. The van der Waals surface area contributed by atoms with Crippen LogP contribution in [0, 0.1) is 0 Å². The highest BCUT2D eigenvalue weighted by molar-refractivity contribution is 5.89. The molecule has 4 aromatic heterocycles. The van der Waals surface area contributed by atoms with E-state index < -0.39 is 5.91 Å². The molecule has 0 spiro atoms. The molecule has 36 heavy (non-hydrogen) atoms. The number of fused-ring (bicyclic) bond motifs is 1. The van der Waals surface area contributed by atoms with Gasteiger partial charge in [0.25, 0.3) is 0 Å². The van der Waals surface area contributed by atoms with Gasteiger partial charge in [-0.25, -0.2) is 9.50 Å². The second kappa shape index (κ2) is 8.91.